The molecule has 0 saturated carbocycles. The van der Waals surface area contributed by atoms with Gasteiger partial charge in [-0.05, 0) is 58.5 Å². The third-order valence-corrected chi connectivity index (χ3v) is 4.15. The molecule has 5 heteroatoms. The smallest absolute Gasteiger partial charge is 0.0526 e. The van der Waals surface area contributed by atoms with Crippen LogP contribution in [0.15, 0.2) is 47.1 Å². The van der Waals surface area contributed by atoms with Gasteiger partial charge in [0.2, 0.25) is 0 Å². The van der Waals surface area contributed by atoms with E-state index in [0.717, 1.165) is 16.6 Å². The normalized spacial score (nSPS) is 12.4. The van der Waals surface area contributed by atoms with E-state index in [-0.39, 0.29) is 6.04 Å². The van der Waals surface area contributed by atoms with E-state index in [1.54, 1.807) is 6.20 Å². The highest BCUT2D eigenvalue weighted by Gasteiger charge is 2.14. The molecule has 1 aromatic heterocycles. The highest BCUT2D eigenvalue weighted by Crippen LogP contribution is 2.25. The maximum absolute atomic E-state index is 5.68. The van der Waals surface area contributed by atoms with Gasteiger partial charge in [-0.2, -0.15) is 0 Å². The molecule has 0 aliphatic carbocycles. The molecule has 0 radical (unpaired) electrons. The van der Waals surface area contributed by atoms with Crippen molar-refractivity contribution in [1.82, 2.24) is 10.4 Å². The maximum Gasteiger partial charge on any atom is 0.0526 e. The Kier molecular flexibility index (Phi) is 5.11. The van der Waals surface area contributed by atoms with Crippen LogP contribution in [0, 0.1) is 3.57 Å². The first kappa shape index (κ1) is 13.9. The van der Waals surface area contributed by atoms with Crippen LogP contribution in [-0.4, -0.2) is 4.98 Å². The average molecular weight is 418 g/mol. The topological polar surface area (TPSA) is 50.9 Å². The summed E-state index contributed by atoms with van der Waals surface area (Å²) < 4.78 is 2.24. The molecule has 3 nitrogen and oxygen atoms in total. The van der Waals surface area contributed by atoms with Crippen LogP contribution in [-0.2, 0) is 6.42 Å². The molecule has 0 aliphatic heterocycles. The summed E-state index contributed by atoms with van der Waals surface area (Å²) in [5, 5.41) is 0. The first-order chi connectivity index (χ1) is 8.70. The number of aromatic nitrogens is 1. The zero-order valence-electron chi connectivity index (χ0n) is 9.61. The van der Waals surface area contributed by atoms with E-state index < -0.39 is 0 Å². The van der Waals surface area contributed by atoms with Crippen molar-refractivity contribution in [1.29, 1.82) is 0 Å². The van der Waals surface area contributed by atoms with Crippen molar-refractivity contribution in [3.05, 3.63) is 61.9 Å². The first-order valence-electron chi connectivity index (χ1n) is 5.51. The average Bonchev–Trinajstić information content (AvgIpc) is 2.40. The minimum Gasteiger partial charge on any atom is -0.271 e. The molecule has 0 bridgehead atoms. The van der Waals surface area contributed by atoms with Gasteiger partial charge in [-0.3, -0.25) is 16.3 Å². The maximum atomic E-state index is 5.68. The molecule has 0 aliphatic rings. The minimum atomic E-state index is 0.0595. The molecule has 1 aromatic carbocycles. The van der Waals surface area contributed by atoms with E-state index in [1.165, 1.54) is 9.13 Å². The van der Waals surface area contributed by atoms with E-state index >= 15 is 0 Å². The van der Waals surface area contributed by atoms with Crippen LogP contribution in [0.2, 0.25) is 0 Å². The lowest BCUT2D eigenvalue weighted by Crippen LogP contribution is -2.30. The molecule has 1 unspecified atom stereocenters. The number of pyridine rings is 1. The summed E-state index contributed by atoms with van der Waals surface area (Å²) in [4.78, 5) is 4.33. The van der Waals surface area contributed by atoms with Gasteiger partial charge in [-0.15, -0.1) is 0 Å². The molecule has 18 heavy (non-hydrogen) atoms. The molecule has 0 fully saturated rings. The van der Waals surface area contributed by atoms with Gasteiger partial charge in [0, 0.05) is 26.4 Å². The minimum absolute atomic E-state index is 0.0595. The number of rotatable bonds is 4. The Morgan fingerprint density at radius 3 is 2.83 bits per heavy atom. The molecule has 94 valence electrons. The Morgan fingerprint density at radius 2 is 2.17 bits per heavy atom. The molecule has 0 amide bonds. The number of hydrazine groups is 1. The highest BCUT2D eigenvalue weighted by molar-refractivity contribution is 14.1. The number of hydrogen-bond acceptors (Lipinski definition) is 3. The van der Waals surface area contributed by atoms with Gasteiger partial charge in [0.25, 0.3) is 0 Å². The number of halogens is 2. The number of hydrogen-bond donors (Lipinski definition) is 2. The molecule has 3 N–H and O–H groups in total. The van der Waals surface area contributed by atoms with Crippen LogP contribution in [0.3, 0.4) is 0 Å². The van der Waals surface area contributed by atoms with Crippen molar-refractivity contribution in [2.45, 2.75) is 12.5 Å². The lowest BCUT2D eigenvalue weighted by Gasteiger charge is -2.18. The molecule has 1 heterocycles. The fourth-order valence-corrected chi connectivity index (χ4v) is 2.86. The highest BCUT2D eigenvalue weighted by atomic mass is 127. The largest absolute Gasteiger partial charge is 0.271 e. The molecule has 1 atom stereocenters. The summed E-state index contributed by atoms with van der Waals surface area (Å²) in [6, 6.07) is 12.2. The quantitative estimate of drug-likeness (QED) is 0.456. The van der Waals surface area contributed by atoms with E-state index in [4.69, 9.17) is 5.84 Å². The summed E-state index contributed by atoms with van der Waals surface area (Å²) in [5.74, 6) is 5.68. The van der Waals surface area contributed by atoms with Crippen LogP contribution in [0.1, 0.15) is 17.3 Å². The van der Waals surface area contributed by atoms with Gasteiger partial charge >= 0.3 is 0 Å². The second-order valence-electron chi connectivity index (χ2n) is 3.91. The van der Waals surface area contributed by atoms with Gasteiger partial charge in [0.1, 0.15) is 0 Å². The second kappa shape index (κ2) is 6.60. The van der Waals surface area contributed by atoms with Crippen LogP contribution < -0.4 is 11.3 Å². The zero-order valence-corrected chi connectivity index (χ0v) is 13.3. The number of benzene rings is 1. The molecule has 2 rings (SSSR count). The predicted octanol–water partition coefficient (Wildman–Crippen LogP) is 3.20. The van der Waals surface area contributed by atoms with Gasteiger partial charge in [0.15, 0.2) is 0 Å². The molecule has 2 aromatic rings. The van der Waals surface area contributed by atoms with Crippen molar-refractivity contribution < 1.29 is 0 Å². The van der Waals surface area contributed by atoms with Crippen LogP contribution in [0.5, 0.6) is 0 Å². The van der Waals surface area contributed by atoms with Crippen molar-refractivity contribution >= 4 is 38.5 Å². The summed E-state index contributed by atoms with van der Waals surface area (Å²) in [7, 11) is 0. The van der Waals surface area contributed by atoms with Gasteiger partial charge in [0.05, 0.1) is 6.04 Å². The Labute approximate surface area is 128 Å². The first-order valence-corrected chi connectivity index (χ1v) is 7.39. The molecular weight excluding hydrogens is 405 g/mol. The van der Waals surface area contributed by atoms with Gasteiger partial charge in [-0.25, -0.2) is 0 Å². The second-order valence-corrected chi connectivity index (χ2v) is 5.99. The molecule has 0 saturated heterocycles. The monoisotopic (exact) mass is 417 g/mol. The molecule has 0 spiro atoms. The Hall–Kier alpha value is -0.500. The van der Waals surface area contributed by atoms with Crippen LogP contribution in [0.25, 0.3) is 0 Å². The fourth-order valence-electron chi connectivity index (χ4n) is 1.77. The summed E-state index contributed by atoms with van der Waals surface area (Å²) in [6.45, 7) is 0. The van der Waals surface area contributed by atoms with Crippen molar-refractivity contribution in [2.24, 2.45) is 5.84 Å². The number of nitrogens with two attached hydrogens (primary N) is 1. The SMILES string of the molecule is NNC(Cc1ccccn1)c1cc(Br)ccc1I. The Bertz CT molecular complexity index is 519. The number of nitrogens with one attached hydrogen (secondary N) is 1. The lowest BCUT2D eigenvalue weighted by atomic mass is 10.0. The standard InChI is InChI=1S/C13H13BrIN3/c14-9-4-5-12(15)11(7-9)13(18-16)8-10-3-1-2-6-17-10/h1-7,13,18H,8,16H2. The van der Waals surface area contributed by atoms with Crippen LogP contribution >= 0.6 is 38.5 Å². The van der Waals surface area contributed by atoms with Crippen molar-refractivity contribution in [3.8, 4) is 0 Å². The van der Waals surface area contributed by atoms with Crippen molar-refractivity contribution in [3.63, 3.8) is 0 Å². The Balaban J connectivity index is 2.26. The summed E-state index contributed by atoms with van der Waals surface area (Å²) in [6.07, 6.45) is 2.57. The third-order valence-electron chi connectivity index (χ3n) is 2.67. The van der Waals surface area contributed by atoms with E-state index in [0.29, 0.717) is 0 Å². The van der Waals surface area contributed by atoms with E-state index in [2.05, 4.69) is 61.1 Å². The van der Waals surface area contributed by atoms with Gasteiger partial charge < -0.3 is 0 Å². The number of nitrogens with zero attached hydrogens (tertiary/aromatic N) is 1. The summed E-state index contributed by atoms with van der Waals surface area (Å²) >= 11 is 5.81. The van der Waals surface area contributed by atoms with Crippen LogP contribution in [0.4, 0.5) is 0 Å². The zero-order chi connectivity index (χ0) is 13.0. The van der Waals surface area contributed by atoms with E-state index in [1.807, 2.05) is 24.3 Å². The fraction of sp³-hybridized carbons (Fsp3) is 0.154. The van der Waals surface area contributed by atoms with Crippen molar-refractivity contribution in [2.75, 3.05) is 0 Å². The van der Waals surface area contributed by atoms with Gasteiger partial charge in [-0.1, -0.05) is 22.0 Å². The molecular formula is C13H13BrIN3. The lowest BCUT2D eigenvalue weighted by molar-refractivity contribution is 0.543. The third kappa shape index (κ3) is 3.50. The predicted molar refractivity (Wildman–Crippen MR) is 84.9 cm³/mol. The Morgan fingerprint density at radius 1 is 1.33 bits per heavy atom. The van der Waals surface area contributed by atoms with E-state index in [9.17, 15) is 0 Å². The summed E-state index contributed by atoms with van der Waals surface area (Å²) in [5.41, 5.74) is 5.07.